The fourth-order valence-electron chi connectivity index (χ4n) is 5.60. The van der Waals surface area contributed by atoms with Gasteiger partial charge in [0.25, 0.3) is 0 Å². The molecule has 0 aliphatic carbocycles. The molecule has 1 aliphatic rings. The minimum absolute atomic E-state index is 0.00572. The van der Waals surface area contributed by atoms with Crippen LogP contribution >= 0.6 is 0 Å². The van der Waals surface area contributed by atoms with E-state index in [0.717, 1.165) is 36.7 Å². The lowest BCUT2D eigenvalue weighted by Gasteiger charge is -2.37. The second-order valence-electron chi connectivity index (χ2n) is 12.1. The molecule has 0 radical (unpaired) electrons. The van der Waals surface area contributed by atoms with Crippen molar-refractivity contribution in [2.75, 3.05) is 7.11 Å². The summed E-state index contributed by atoms with van der Waals surface area (Å²) in [6, 6.07) is 1.77. The third-order valence-electron chi connectivity index (χ3n) is 7.93. The number of ether oxygens (including phenoxy) is 3. The number of fused-ring (bicyclic) bond motifs is 1. The standard InChI is InChI=1S/C35H54O6/c1-6-7-8-9-10-11-12-13-14-15-16-17-18-19-33(38)40-26-28-23-32(39-5)30-20-21-35(4,24-29(37)22-27(2)3)41-34(30)31(28)25-36/h22-23,25H,6-21,24,26H2,1-5H3/t35-/m0/s1. The van der Waals surface area contributed by atoms with Gasteiger partial charge in [0.2, 0.25) is 0 Å². The zero-order chi connectivity index (χ0) is 30.1. The monoisotopic (exact) mass is 570 g/mol. The Hall–Kier alpha value is -2.63. The van der Waals surface area contributed by atoms with Crippen LogP contribution in [-0.2, 0) is 27.4 Å². The van der Waals surface area contributed by atoms with Crippen molar-refractivity contribution in [1.82, 2.24) is 0 Å². The van der Waals surface area contributed by atoms with Gasteiger partial charge in [-0.1, -0.05) is 89.5 Å². The highest BCUT2D eigenvalue weighted by molar-refractivity contribution is 5.91. The Labute approximate surface area is 248 Å². The van der Waals surface area contributed by atoms with Crippen LogP contribution in [0.5, 0.6) is 11.5 Å². The van der Waals surface area contributed by atoms with E-state index in [1.807, 2.05) is 20.8 Å². The smallest absolute Gasteiger partial charge is 0.306 e. The van der Waals surface area contributed by atoms with Crippen LogP contribution in [0.1, 0.15) is 152 Å². The normalized spacial score (nSPS) is 15.9. The van der Waals surface area contributed by atoms with Gasteiger partial charge in [0, 0.05) is 24.0 Å². The molecule has 1 atom stereocenters. The first-order valence-electron chi connectivity index (χ1n) is 15.9. The molecule has 1 aromatic carbocycles. The van der Waals surface area contributed by atoms with E-state index in [2.05, 4.69) is 6.92 Å². The number of benzene rings is 1. The first-order valence-corrected chi connectivity index (χ1v) is 15.9. The summed E-state index contributed by atoms with van der Waals surface area (Å²) in [5, 5.41) is 0. The first-order chi connectivity index (χ1) is 19.7. The van der Waals surface area contributed by atoms with E-state index in [1.54, 1.807) is 19.3 Å². The molecule has 0 spiro atoms. The van der Waals surface area contributed by atoms with Crippen LogP contribution in [-0.4, -0.2) is 30.7 Å². The van der Waals surface area contributed by atoms with Gasteiger partial charge in [-0.2, -0.15) is 0 Å². The second kappa shape index (κ2) is 18.7. The molecule has 0 amide bonds. The van der Waals surface area contributed by atoms with Crippen molar-refractivity contribution >= 4 is 18.0 Å². The Kier molecular flexibility index (Phi) is 15.8. The molecule has 0 unspecified atom stereocenters. The molecule has 0 N–H and O–H groups in total. The number of ketones is 1. The average Bonchev–Trinajstić information content (AvgIpc) is 2.92. The Balaban J connectivity index is 1.80. The van der Waals surface area contributed by atoms with Gasteiger partial charge in [-0.25, -0.2) is 0 Å². The predicted octanol–water partition coefficient (Wildman–Crippen LogP) is 9.04. The molecular formula is C35H54O6. The molecule has 6 heteroatoms. The molecular weight excluding hydrogens is 516 g/mol. The SMILES string of the molecule is CCCCCCCCCCCCCCCC(=O)OCc1cc(OC)c2c(c1C=O)O[C@](C)(CC(=O)C=C(C)C)CC2. The Bertz CT molecular complexity index is 1010. The van der Waals surface area contributed by atoms with E-state index in [0.29, 0.717) is 41.9 Å². The van der Waals surface area contributed by atoms with E-state index in [9.17, 15) is 14.4 Å². The Morgan fingerprint density at radius 1 is 0.951 bits per heavy atom. The van der Waals surface area contributed by atoms with E-state index in [-0.39, 0.29) is 24.8 Å². The summed E-state index contributed by atoms with van der Waals surface area (Å²) in [5.74, 6) is 0.764. The largest absolute Gasteiger partial charge is 0.496 e. The van der Waals surface area contributed by atoms with Gasteiger partial charge in [-0.3, -0.25) is 14.4 Å². The lowest BCUT2D eigenvalue weighted by Crippen LogP contribution is -2.39. The van der Waals surface area contributed by atoms with Crippen molar-refractivity contribution in [3.8, 4) is 11.5 Å². The molecule has 0 saturated carbocycles. The summed E-state index contributed by atoms with van der Waals surface area (Å²) < 4.78 is 17.5. The van der Waals surface area contributed by atoms with E-state index in [4.69, 9.17) is 14.2 Å². The molecule has 0 bridgehead atoms. The number of esters is 1. The van der Waals surface area contributed by atoms with Crippen molar-refractivity contribution in [3.05, 3.63) is 34.4 Å². The maximum atomic E-state index is 12.5. The van der Waals surface area contributed by atoms with Gasteiger partial charge in [0.1, 0.15) is 23.7 Å². The van der Waals surface area contributed by atoms with Crippen LogP contribution in [0, 0.1) is 0 Å². The maximum absolute atomic E-state index is 12.5. The summed E-state index contributed by atoms with van der Waals surface area (Å²) in [4.78, 5) is 37.1. The number of carbonyl (C=O) groups excluding carboxylic acids is 3. The highest BCUT2D eigenvalue weighted by Crippen LogP contribution is 2.43. The van der Waals surface area contributed by atoms with Crippen LogP contribution in [0.2, 0.25) is 0 Å². The van der Waals surface area contributed by atoms with Gasteiger partial charge in [0.15, 0.2) is 12.1 Å². The van der Waals surface area contributed by atoms with Gasteiger partial charge in [-0.05, 0) is 52.2 Å². The summed E-state index contributed by atoms with van der Waals surface area (Å²) in [6.45, 7) is 7.91. The minimum atomic E-state index is -0.734. The molecule has 41 heavy (non-hydrogen) atoms. The second-order valence-corrected chi connectivity index (χ2v) is 12.1. The number of rotatable bonds is 21. The molecule has 6 nitrogen and oxygen atoms in total. The molecule has 1 heterocycles. The van der Waals surface area contributed by atoms with Crippen molar-refractivity contribution < 1.29 is 28.6 Å². The zero-order valence-electron chi connectivity index (χ0n) is 26.4. The van der Waals surface area contributed by atoms with Crippen LogP contribution in [0.3, 0.4) is 0 Å². The molecule has 0 saturated heterocycles. The van der Waals surface area contributed by atoms with E-state index in [1.165, 1.54) is 64.2 Å². The molecule has 230 valence electrons. The van der Waals surface area contributed by atoms with E-state index >= 15 is 0 Å². The maximum Gasteiger partial charge on any atom is 0.306 e. The number of hydrogen-bond acceptors (Lipinski definition) is 6. The number of allylic oxidation sites excluding steroid dienone is 2. The van der Waals surface area contributed by atoms with Crippen LogP contribution in [0.25, 0.3) is 0 Å². The third kappa shape index (κ3) is 12.4. The number of methoxy groups -OCH3 is 1. The zero-order valence-corrected chi connectivity index (χ0v) is 26.4. The van der Waals surface area contributed by atoms with Crippen molar-refractivity contribution in [2.24, 2.45) is 0 Å². The van der Waals surface area contributed by atoms with Gasteiger partial charge >= 0.3 is 5.97 Å². The minimum Gasteiger partial charge on any atom is -0.496 e. The van der Waals surface area contributed by atoms with Gasteiger partial charge in [0.05, 0.1) is 12.7 Å². The third-order valence-corrected chi connectivity index (χ3v) is 7.93. The van der Waals surface area contributed by atoms with Crippen molar-refractivity contribution in [1.29, 1.82) is 0 Å². The lowest BCUT2D eigenvalue weighted by atomic mass is 9.86. The van der Waals surface area contributed by atoms with Crippen LogP contribution < -0.4 is 9.47 Å². The van der Waals surface area contributed by atoms with Crippen LogP contribution in [0.4, 0.5) is 0 Å². The Morgan fingerprint density at radius 3 is 2.07 bits per heavy atom. The number of unbranched alkanes of at least 4 members (excludes halogenated alkanes) is 12. The predicted molar refractivity (Wildman–Crippen MR) is 165 cm³/mol. The molecule has 2 rings (SSSR count). The quantitative estimate of drug-likeness (QED) is 0.0635. The number of carbonyl (C=O) groups is 3. The van der Waals surface area contributed by atoms with Crippen LogP contribution in [0.15, 0.2) is 17.7 Å². The lowest BCUT2D eigenvalue weighted by molar-refractivity contribution is -0.145. The highest BCUT2D eigenvalue weighted by atomic mass is 16.5. The molecule has 1 aliphatic heterocycles. The van der Waals surface area contributed by atoms with Crippen molar-refractivity contribution in [2.45, 2.75) is 149 Å². The number of hydrogen-bond donors (Lipinski definition) is 0. The Morgan fingerprint density at radius 2 is 1.54 bits per heavy atom. The first kappa shape index (κ1) is 34.6. The summed E-state index contributed by atoms with van der Waals surface area (Å²) in [7, 11) is 1.58. The van der Waals surface area contributed by atoms with Crippen molar-refractivity contribution in [3.63, 3.8) is 0 Å². The number of aldehydes is 1. The molecule has 1 aromatic rings. The summed E-state index contributed by atoms with van der Waals surface area (Å²) in [6.07, 6.45) is 20.5. The fourth-order valence-corrected chi connectivity index (χ4v) is 5.60. The molecule has 0 aromatic heterocycles. The average molecular weight is 571 g/mol. The highest BCUT2D eigenvalue weighted by Gasteiger charge is 2.37. The summed E-state index contributed by atoms with van der Waals surface area (Å²) >= 11 is 0. The van der Waals surface area contributed by atoms with E-state index < -0.39 is 5.60 Å². The topological polar surface area (TPSA) is 78.9 Å². The van der Waals surface area contributed by atoms with Gasteiger partial charge in [-0.15, -0.1) is 0 Å². The summed E-state index contributed by atoms with van der Waals surface area (Å²) in [5.41, 5.74) is 1.92. The fraction of sp³-hybridized carbons (Fsp3) is 0.686. The van der Waals surface area contributed by atoms with Gasteiger partial charge < -0.3 is 14.2 Å². The molecule has 0 fully saturated rings.